The van der Waals surface area contributed by atoms with Crippen LogP contribution in [0.15, 0.2) is 36.1 Å². The van der Waals surface area contributed by atoms with Crippen molar-refractivity contribution in [2.45, 2.75) is 33.6 Å². The van der Waals surface area contributed by atoms with E-state index in [4.69, 9.17) is 9.72 Å². The number of anilines is 2. The summed E-state index contributed by atoms with van der Waals surface area (Å²) >= 11 is 1.57. The summed E-state index contributed by atoms with van der Waals surface area (Å²) in [6.45, 7) is 8.38. The van der Waals surface area contributed by atoms with E-state index < -0.39 is 0 Å². The first-order chi connectivity index (χ1) is 14.4. The second kappa shape index (κ2) is 7.95. The molecule has 0 aliphatic heterocycles. The van der Waals surface area contributed by atoms with Crippen LogP contribution in [-0.2, 0) is 7.05 Å². The Hall–Kier alpha value is -3.13. The van der Waals surface area contributed by atoms with Crippen molar-refractivity contribution >= 4 is 22.3 Å². The van der Waals surface area contributed by atoms with Gasteiger partial charge in [0, 0.05) is 29.8 Å². The molecular formula is C22H26N6OS. The van der Waals surface area contributed by atoms with Crippen LogP contribution in [0.3, 0.4) is 0 Å². The average Bonchev–Trinajstić information content (AvgIpc) is 3.43. The largest absolute Gasteiger partial charge is 0.495 e. The molecule has 4 rings (SSSR count). The standard InChI is InChI=1S/C22H26N6OS/c1-13(2)20-15(4)21(27(5)26-20)25-22-24-17(11-30-22)16-7-8-18(19(9-16)29-6)28-10-14(3)23-12-28/h7-13H,1-6H3,(H,24,25). The molecule has 0 saturated carbocycles. The molecular weight excluding hydrogens is 396 g/mol. The molecule has 1 aromatic carbocycles. The van der Waals surface area contributed by atoms with Crippen LogP contribution in [0, 0.1) is 13.8 Å². The van der Waals surface area contributed by atoms with Crippen molar-refractivity contribution in [2.24, 2.45) is 7.05 Å². The number of hydrogen-bond donors (Lipinski definition) is 1. The Bertz CT molecular complexity index is 1190. The normalized spacial score (nSPS) is 11.3. The summed E-state index contributed by atoms with van der Waals surface area (Å²) in [5.41, 5.74) is 6.07. The van der Waals surface area contributed by atoms with Crippen molar-refractivity contribution in [2.75, 3.05) is 12.4 Å². The second-order valence-electron chi connectivity index (χ2n) is 7.61. The minimum absolute atomic E-state index is 0.379. The summed E-state index contributed by atoms with van der Waals surface area (Å²) in [6, 6.07) is 6.09. The van der Waals surface area contributed by atoms with E-state index in [9.17, 15) is 0 Å². The fourth-order valence-corrected chi connectivity index (χ4v) is 4.26. The van der Waals surface area contributed by atoms with Gasteiger partial charge in [-0.2, -0.15) is 5.10 Å². The predicted octanol–water partition coefficient (Wildman–Crippen LogP) is 5.22. The lowest BCUT2D eigenvalue weighted by Crippen LogP contribution is -2.00. The van der Waals surface area contributed by atoms with Gasteiger partial charge in [0.05, 0.1) is 36.2 Å². The second-order valence-corrected chi connectivity index (χ2v) is 8.47. The number of nitrogens with zero attached hydrogens (tertiary/aromatic N) is 5. The quantitative estimate of drug-likeness (QED) is 0.461. The van der Waals surface area contributed by atoms with E-state index in [1.54, 1.807) is 24.8 Å². The molecule has 4 aromatic rings. The molecule has 3 aromatic heterocycles. The highest BCUT2D eigenvalue weighted by molar-refractivity contribution is 7.14. The SMILES string of the molecule is COc1cc(-c2csc(Nc3c(C)c(C(C)C)nn3C)n2)ccc1-n1cnc(C)c1. The molecule has 0 fully saturated rings. The number of methoxy groups -OCH3 is 1. The summed E-state index contributed by atoms with van der Waals surface area (Å²) in [6.07, 6.45) is 3.77. The molecule has 0 atom stereocenters. The molecule has 7 nitrogen and oxygen atoms in total. The summed E-state index contributed by atoms with van der Waals surface area (Å²) in [4.78, 5) is 9.09. The summed E-state index contributed by atoms with van der Waals surface area (Å²) < 4.78 is 9.48. The number of aromatic nitrogens is 5. The Morgan fingerprint density at radius 2 is 2.00 bits per heavy atom. The number of nitrogens with one attached hydrogen (secondary N) is 1. The minimum atomic E-state index is 0.379. The van der Waals surface area contributed by atoms with Gasteiger partial charge in [0.25, 0.3) is 0 Å². The zero-order chi connectivity index (χ0) is 21.4. The molecule has 8 heteroatoms. The first kappa shape index (κ1) is 20.2. The molecule has 156 valence electrons. The van der Waals surface area contributed by atoms with Crippen molar-refractivity contribution in [1.29, 1.82) is 0 Å². The van der Waals surface area contributed by atoms with Crippen molar-refractivity contribution in [3.05, 3.63) is 53.1 Å². The Morgan fingerprint density at radius 1 is 1.20 bits per heavy atom. The summed E-state index contributed by atoms with van der Waals surface area (Å²) in [7, 11) is 3.63. The van der Waals surface area contributed by atoms with Gasteiger partial charge in [0.15, 0.2) is 5.13 Å². The van der Waals surface area contributed by atoms with Crippen LogP contribution in [0.4, 0.5) is 10.9 Å². The van der Waals surface area contributed by atoms with Gasteiger partial charge in [0.1, 0.15) is 11.6 Å². The van der Waals surface area contributed by atoms with Crippen LogP contribution in [0.5, 0.6) is 5.75 Å². The van der Waals surface area contributed by atoms with E-state index in [1.165, 1.54) is 0 Å². The highest BCUT2D eigenvalue weighted by atomic mass is 32.1. The Kier molecular flexibility index (Phi) is 5.34. The highest BCUT2D eigenvalue weighted by Crippen LogP contribution is 2.33. The topological polar surface area (TPSA) is 69.8 Å². The number of aryl methyl sites for hydroxylation is 2. The highest BCUT2D eigenvalue weighted by Gasteiger charge is 2.17. The number of rotatable bonds is 6. The van der Waals surface area contributed by atoms with Crippen molar-refractivity contribution in [3.63, 3.8) is 0 Å². The van der Waals surface area contributed by atoms with Crippen LogP contribution in [0.25, 0.3) is 16.9 Å². The lowest BCUT2D eigenvalue weighted by molar-refractivity contribution is 0.413. The number of imidazole rings is 1. The van der Waals surface area contributed by atoms with Crippen molar-refractivity contribution in [1.82, 2.24) is 24.3 Å². The summed E-state index contributed by atoms with van der Waals surface area (Å²) in [5, 5.41) is 11.0. The van der Waals surface area contributed by atoms with Crippen LogP contribution in [0.2, 0.25) is 0 Å². The number of ether oxygens (including phenoxy) is 1. The van der Waals surface area contributed by atoms with E-state index in [-0.39, 0.29) is 0 Å². The van der Waals surface area contributed by atoms with E-state index in [2.05, 4.69) is 42.2 Å². The fraction of sp³-hybridized carbons (Fsp3) is 0.318. The summed E-state index contributed by atoms with van der Waals surface area (Å²) in [5.74, 6) is 2.13. The first-order valence-corrected chi connectivity index (χ1v) is 10.7. The van der Waals surface area contributed by atoms with E-state index in [0.29, 0.717) is 5.92 Å². The maximum absolute atomic E-state index is 5.63. The Labute approximate surface area is 180 Å². The molecule has 0 bridgehead atoms. The Balaban J connectivity index is 1.62. The molecule has 0 aliphatic carbocycles. The lowest BCUT2D eigenvalue weighted by Gasteiger charge is -2.10. The third-order valence-corrected chi connectivity index (χ3v) is 5.82. The predicted molar refractivity (Wildman–Crippen MR) is 121 cm³/mol. The van der Waals surface area contributed by atoms with Crippen LogP contribution >= 0.6 is 11.3 Å². The van der Waals surface area contributed by atoms with Crippen LogP contribution in [0.1, 0.15) is 36.7 Å². The van der Waals surface area contributed by atoms with Crippen molar-refractivity contribution in [3.8, 4) is 22.7 Å². The molecule has 0 saturated heterocycles. The first-order valence-electron chi connectivity index (χ1n) is 9.82. The number of thiazole rings is 1. The molecule has 0 amide bonds. The van der Waals surface area contributed by atoms with Gasteiger partial charge in [-0.3, -0.25) is 4.68 Å². The van der Waals surface area contributed by atoms with Gasteiger partial charge >= 0.3 is 0 Å². The van der Waals surface area contributed by atoms with Crippen molar-refractivity contribution < 1.29 is 4.74 Å². The van der Waals surface area contributed by atoms with Gasteiger partial charge in [0.2, 0.25) is 0 Å². The molecule has 30 heavy (non-hydrogen) atoms. The Morgan fingerprint density at radius 3 is 2.63 bits per heavy atom. The van der Waals surface area contributed by atoms with Crippen LogP contribution in [-0.4, -0.2) is 31.4 Å². The third kappa shape index (κ3) is 3.70. The zero-order valence-corrected chi connectivity index (χ0v) is 18.9. The molecule has 1 N–H and O–H groups in total. The molecule has 3 heterocycles. The molecule has 0 spiro atoms. The molecule has 0 aliphatic rings. The van der Waals surface area contributed by atoms with Crippen LogP contribution < -0.4 is 10.1 Å². The number of hydrogen-bond acceptors (Lipinski definition) is 6. The molecule has 0 radical (unpaired) electrons. The third-order valence-electron chi connectivity index (χ3n) is 5.06. The molecule has 0 unspecified atom stereocenters. The fourth-order valence-electron chi connectivity index (χ4n) is 3.54. The number of benzene rings is 1. The average molecular weight is 423 g/mol. The van der Waals surface area contributed by atoms with Gasteiger partial charge < -0.3 is 14.6 Å². The maximum atomic E-state index is 5.63. The lowest BCUT2D eigenvalue weighted by atomic mass is 10.1. The van der Waals surface area contributed by atoms with Gasteiger partial charge in [-0.25, -0.2) is 9.97 Å². The van der Waals surface area contributed by atoms with E-state index in [1.807, 2.05) is 46.9 Å². The minimum Gasteiger partial charge on any atom is -0.495 e. The van der Waals surface area contributed by atoms with Gasteiger partial charge in [-0.05, 0) is 31.9 Å². The maximum Gasteiger partial charge on any atom is 0.188 e. The van der Waals surface area contributed by atoms with E-state index in [0.717, 1.165) is 50.6 Å². The van der Waals surface area contributed by atoms with Gasteiger partial charge in [-0.15, -0.1) is 11.3 Å². The van der Waals surface area contributed by atoms with Gasteiger partial charge in [-0.1, -0.05) is 19.9 Å². The zero-order valence-electron chi connectivity index (χ0n) is 18.1. The smallest absolute Gasteiger partial charge is 0.188 e. The monoisotopic (exact) mass is 422 g/mol. The van der Waals surface area contributed by atoms with E-state index >= 15 is 0 Å².